The lowest BCUT2D eigenvalue weighted by Gasteiger charge is -2.17. The molecule has 1 amide bonds. The highest BCUT2D eigenvalue weighted by Crippen LogP contribution is 2.32. The summed E-state index contributed by atoms with van der Waals surface area (Å²) in [6.45, 7) is 3.32. The first-order valence-electron chi connectivity index (χ1n) is 10.0. The number of ether oxygens (including phenoxy) is 3. The van der Waals surface area contributed by atoms with Crippen LogP contribution in [-0.2, 0) is 11.3 Å². The zero-order chi connectivity index (χ0) is 20.8. The number of fused-ring (bicyclic) bond motifs is 1. The molecule has 1 atom stereocenters. The SMILES string of the molecule is CCOc1ccccc1NC(=O)[C@@H]([NH2+]Cc1ccc2c(c1)OCO2)c1ccccc1. The van der Waals surface area contributed by atoms with E-state index in [0.29, 0.717) is 24.6 Å². The summed E-state index contributed by atoms with van der Waals surface area (Å²) in [4.78, 5) is 13.2. The van der Waals surface area contributed by atoms with Gasteiger partial charge in [-0.25, -0.2) is 0 Å². The Morgan fingerprint density at radius 2 is 1.80 bits per heavy atom. The largest absolute Gasteiger partial charge is 0.492 e. The Hall–Kier alpha value is -3.51. The minimum Gasteiger partial charge on any atom is -0.492 e. The molecule has 3 N–H and O–H groups in total. The first kappa shape index (κ1) is 19.8. The number of carbonyl (C=O) groups excluding carboxylic acids is 1. The van der Waals surface area contributed by atoms with Crippen LogP contribution in [-0.4, -0.2) is 19.3 Å². The van der Waals surface area contributed by atoms with E-state index in [4.69, 9.17) is 14.2 Å². The van der Waals surface area contributed by atoms with Crippen LogP contribution in [0.3, 0.4) is 0 Å². The summed E-state index contributed by atoms with van der Waals surface area (Å²) >= 11 is 0. The molecule has 30 heavy (non-hydrogen) atoms. The average molecular weight is 405 g/mol. The molecule has 154 valence electrons. The highest BCUT2D eigenvalue weighted by atomic mass is 16.7. The van der Waals surface area contributed by atoms with Crippen molar-refractivity contribution in [2.75, 3.05) is 18.7 Å². The molecule has 0 radical (unpaired) electrons. The number of anilines is 1. The average Bonchev–Trinajstić information content (AvgIpc) is 3.24. The lowest BCUT2D eigenvalue weighted by molar-refractivity contribution is -0.697. The van der Waals surface area contributed by atoms with E-state index < -0.39 is 6.04 Å². The van der Waals surface area contributed by atoms with Gasteiger partial charge in [-0.05, 0) is 37.3 Å². The number of rotatable bonds is 8. The standard InChI is InChI=1S/C24H24N2O4/c1-2-28-20-11-7-6-10-19(20)26-24(27)23(18-8-4-3-5-9-18)25-15-17-12-13-21-22(14-17)30-16-29-21/h3-14,23,25H,2,15-16H2,1H3,(H,26,27)/p+1/t23-/m0/s1. The predicted molar refractivity (Wildman–Crippen MR) is 114 cm³/mol. The Kier molecular flexibility index (Phi) is 6.15. The van der Waals surface area contributed by atoms with Gasteiger partial charge in [-0.3, -0.25) is 4.79 Å². The molecule has 0 fully saturated rings. The Bertz CT molecular complexity index is 1010. The van der Waals surface area contributed by atoms with Crippen molar-refractivity contribution in [1.82, 2.24) is 0 Å². The van der Waals surface area contributed by atoms with Crippen molar-refractivity contribution in [3.63, 3.8) is 0 Å². The topological polar surface area (TPSA) is 73.4 Å². The molecule has 4 rings (SSSR count). The Balaban J connectivity index is 1.52. The minimum atomic E-state index is -0.411. The summed E-state index contributed by atoms with van der Waals surface area (Å²) in [5.74, 6) is 2.06. The van der Waals surface area contributed by atoms with Crippen LogP contribution in [0.15, 0.2) is 72.8 Å². The molecule has 0 spiro atoms. The van der Waals surface area contributed by atoms with Crippen molar-refractivity contribution >= 4 is 11.6 Å². The lowest BCUT2D eigenvalue weighted by atomic mass is 10.1. The molecule has 3 aromatic carbocycles. The highest BCUT2D eigenvalue weighted by Gasteiger charge is 2.25. The van der Waals surface area contributed by atoms with Gasteiger partial charge in [-0.15, -0.1) is 0 Å². The normalized spacial score (nSPS) is 13.0. The molecule has 0 unspecified atom stereocenters. The number of nitrogens with two attached hydrogens (primary N) is 1. The fourth-order valence-corrected chi connectivity index (χ4v) is 3.44. The summed E-state index contributed by atoms with van der Waals surface area (Å²) in [5.41, 5.74) is 2.66. The van der Waals surface area contributed by atoms with Crippen molar-refractivity contribution in [2.24, 2.45) is 0 Å². The first-order valence-corrected chi connectivity index (χ1v) is 10.0. The van der Waals surface area contributed by atoms with Crippen LogP contribution >= 0.6 is 0 Å². The highest BCUT2D eigenvalue weighted by molar-refractivity contribution is 5.95. The van der Waals surface area contributed by atoms with Crippen molar-refractivity contribution in [2.45, 2.75) is 19.5 Å². The zero-order valence-corrected chi connectivity index (χ0v) is 16.8. The van der Waals surface area contributed by atoms with E-state index in [0.717, 1.165) is 22.6 Å². The fourth-order valence-electron chi connectivity index (χ4n) is 3.44. The first-order chi connectivity index (χ1) is 14.7. The van der Waals surface area contributed by atoms with E-state index in [1.807, 2.05) is 85.0 Å². The third-order valence-electron chi connectivity index (χ3n) is 4.91. The number of nitrogens with one attached hydrogen (secondary N) is 1. The molecule has 1 aliphatic rings. The Morgan fingerprint density at radius 3 is 2.63 bits per heavy atom. The van der Waals surface area contributed by atoms with E-state index in [1.165, 1.54) is 0 Å². The summed E-state index contributed by atoms with van der Waals surface area (Å²) in [6.07, 6.45) is 0. The van der Waals surface area contributed by atoms with Gasteiger partial charge in [0.05, 0.1) is 12.3 Å². The van der Waals surface area contributed by atoms with E-state index in [-0.39, 0.29) is 12.7 Å². The second-order valence-corrected chi connectivity index (χ2v) is 6.93. The maximum Gasteiger partial charge on any atom is 0.287 e. The molecule has 6 heteroatoms. The molecule has 1 aliphatic heterocycles. The Morgan fingerprint density at radius 1 is 1.03 bits per heavy atom. The summed E-state index contributed by atoms with van der Waals surface area (Å²) < 4.78 is 16.5. The van der Waals surface area contributed by atoms with E-state index in [1.54, 1.807) is 0 Å². The van der Waals surface area contributed by atoms with Crippen LogP contribution in [0.5, 0.6) is 17.2 Å². The maximum absolute atomic E-state index is 13.2. The molecule has 0 aliphatic carbocycles. The Labute approximate surface area is 175 Å². The van der Waals surface area contributed by atoms with Gasteiger partial charge in [0.15, 0.2) is 17.5 Å². The molecule has 0 bridgehead atoms. The fraction of sp³-hybridized carbons (Fsp3) is 0.208. The summed E-state index contributed by atoms with van der Waals surface area (Å²) in [6, 6.07) is 22.7. The van der Waals surface area contributed by atoms with Gasteiger partial charge in [0.2, 0.25) is 6.79 Å². The number of hydrogen-bond donors (Lipinski definition) is 2. The van der Waals surface area contributed by atoms with Crippen LogP contribution in [0.25, 0.3) is 0 Å². The second kappa shape index (κ2) is 9.33. The summed E-state index contributed by atoms with van der Waals surface area (Å²) in [7, 11) is 0. The van der Waals surface area contributed by atoms with Crippen molar-refractivity contribution in [3.8, 4) is 17.2 Å². The van der Waals surface area contributed by atoms with Crippen LogP contribution in [0.4, 0.5) is 5.69 Å². The van der Waals surface area contributed by atoms with Crippen molar-refractivity contribution in [3.05, 3.63) is 83.9 Å². The monoisotopic (exact) mass is 405 g/mol. The third-order valence-corrected chi connectivity index (χ3v) is 4.91. The third kappa shape index (κ3) is 4.55. The van der Waals surface area contributed by atoms with Gasteiger partial charge in [-0.1, -0.05) is 42.5 Å². The zero-order valence-electron chi connectivity index (χ0n) is 16.8. The van der Waals surface area contributed by atoms with Crippen molar-refractivity contribution < 1.29 is 24.3 Å². The van der Waals surface area contributed by atoms with Crippen LogP contribution in [0.1, 0.15) is 24.1 Å². The number of hydrogen-bond acceptors (Lipinski definition) is 4. The molecule has 0 aromatic heterocycles. The van der Waals surface area contributed by atoms with Crippen molar-refractivity contribution in [1.29, 1.82) is 0 Å². The van der Waals surface area contributed by atoms with Gasteiger partial charge in [0.25, 0.3) is 5.91 Å². The molecule has 0 saturated carbocycles. The van der Waals surface area contributed by atoms with Crippen LogP contribution < -0.4 is 24.8 Å². The van der Waals surface area contributed by atoms with Gasteiger partial charge in [0, 0.05) is 11.1 Å². The smallest absolute Gasteiger partial charge is 0.287 e. The number of para-hydroxylation sites is 2. The quantitative estimate of drug-likeness (QED) is 0.603. The van der Waals surface area contributed by atoms with Gasteiger partial charge in [0.1, 0.15) is 12.3 Å². The van der Waals surface area contributed by atoms with Gasteiger partial charge < -0.3 is 24.8 Å². The second-order valence-electron chi connectivity index (χ2n) is 6.93. The van der Waals surface area contributed by atoms with E-state index in [9.17, 15) is 4.79 Å². The maximum atomic E-state index is 13.2. The number of quaternary nitrogens is 1. The molecule has 0 saturated heterocycles. The van der Waals surface area contributed by atoms with E-state index >= 15 is 0 Å². The molecule has 6 nitrogen and oxygen atoms in total. The lowest BCUT2D eigenvalue weighted by Crippen LogP contribution is -2.85. The van der Waals surface area contributed by atoms with Gasteiger partial charge in [-0.2, -0.15) is 0 Å². The van der Waals surface area contributed by atoms with Crippen LogP contribution in [0, 0.1) is 0 Å². The number of amides is 1. The molecule has 3 aromatic rings. The van der Waals surface area contributed by atoms with Gasteiger partial charge >= 0.3 is 0 Å². The minimum absolute atomic E-state index is 0.103. The predicted octanol–water partition coefficient (Wildman–Crippen LogP) is 3.26. The molecular weight excluding hydrogens is 380 g/mol. The molecule has 1 heterocycles. The number of benzene rings is 3. The molecular formula is C24H25N2O4+. The number of carbonyl (C=O) groups is 1. The van der Waals surface area contributed by atoms with E-state index in [2.05, 4.69) is 5.32 Å². The van der Waals surface area contributed by atoms with Crippen LogP contribution in [0.2, 0.25) is 0 Å². The summed E-state index contributed by atoms with van der Waals surface area (Å²) in [5, 5.41) is 5.05.